The normalized spacial score (nSPS) is 14.7. The molecule has 3 rings (SSSR count). The summed E-state index contributed by atoms with van der Waals surface area (Å²) in [5.41, 5.74) is 2.86. The second kappa shape index (κ2) is 7.14. The van der Waals surface area contributed by atoms with Crippen molar-refractivity contribution < 1.29 is 9.59 Å². The number of rotatable bonds is 3. The van der Waals surface area contributed by atoms with Crippen molar-refractivity contribution in [3.63, 3.8) is 0 Å². The minimum absolute atomic E-state index is 0.135. The van der Waals surface area contributed by atoms with E-state index in [4.69, 9.17) is 0 Å². The van der Waals surface area contributed by atoms with Gasteiger partial charge in [-0.15, -0.1) is 0 Å². The van der Waals surface area contributed by atoms with Gasteiger partial charge in [-0.25, -0.2) is 0 Å². The molecule has 2 aromatic rings. The summed E-state index contributed by atoms with van der Waals surface area (Å²) in [5.74, 6) is -0.931. The van der Waals surface area contributed by atoms with Crippen LogP contribution in [0, 0.1) is 18.3 Å². The topological polar surface area (TPSA) is 73.2 Å². The van der Waals surface area contributed by atoms with Gasteiger partial charge in [-0.2, -0.15) is 5.26 Å². The minimum atomic E-state index is -0.594. The fraction of sp³-hybridized carbons (Fsp3) is 0.150. The highest BCUT2D eigenvalue weighted by atomic mass is 79.9. The summed E-state index contributed by atoms with van der Waals surface area (Å²) in [7, 11) is 0. The van der Waals surface area contributed by atoms with Crippen molar-refractivity contribution in [1.82, 2.24) is 0 Å². The van der Waals surface area contributed by atoms with Crippen molar-refractivity contribution in [2.24, 2.45) is 0 Å². The van der Waals surface area contributed by atoms with Gasteiger partial charge in [0.1, 0.15) is 11.6 Å². The van der Waals surface area contributed by atoms with E-state index in [1.165, 1.54) is 0 Å². The molecule has 5 nitrogen and oxygen atoms in total. The number of nitrogens with one attached hydrogen (secondary N) is 1. The molecule has 2 amide bonds. The maximum atomic E-state index is 12.8. The van der Waals surface area contributed by atoms with Crippen LogP contribution >= 0.6 is 15.9 Å². The van der Waals surface area contributed by atoms with Crippen molar-refractivity contribution in [3.8, 4) is 6.07 Å². The number of hydrogen-bond donors (Lipinski definition) is 1. The van der Waals surface area contributed by atoms with E-state index in [9.17, 15) is 14.9 Å². The lowest BCUT2D eigenvalue weighted by Crippen LogP contribution is -2.27. The van der Waals surface area contributed by atoms with Gasteiger partial charge in [-0.05, 0) is 44.2 Å². The maximum Gasteiger partial charge on any atom is 0.267 e. The van der Waals surface area contributed by atoms with E-state index >= 15 is 0 Å². The molecule has 0 spiro atoms. The van der Waals surface area contributed by atoms with Crippen LogP contribution in [0.3, 0.4) is 0 Å². The monoisotopic (exact) mass is 409 g/mol. The first-order valence-corrected chi connectivity index (χ1v) is 8.89. The molecule has 0 fully saturated rings. The summed E-state index contributed by atoms with van der Waals surface area (Å²) in [4.78, 5) is 27.1. The quantitative estimate of drug-likeness (QED) is 0.613. The molecular weight excluding hydrogens is 394 g/mol. The van der Waals surface area contributed by atoms with Crippen molar-refractivity contribution in [3.05, 3.63) is 63.6 Å². The van der Waals surface area contributed by atoms with Crippen molar-refractivity contribution >= 4 is 44.7 Å². The molecule has 1 heterocycles. The third kappa shape index (κ3) is 3.14. The van der Waals surface area contributed by atoms with Gasteiger partial charge in [0, 0.05) is 22.3 Å². The Morgan fingerprint density at radius 3 is 2.54 bits per heavy atom. The van der Waals surface area contributed by atoms with Crippen LogP contribution in [-0.4, -0.2) is 18.4 Å². The van der Waals surface area contributed by atoms with E-state index in [0.29, 0.717) is 23.5 Å². The number of anilines is 2. The summed E-state index contributed by atoms with van der Waals surface area (Å²) in [6.45, 7) is 4.25. The number of amides is 2. The Bertz CT molecular complexity index is 972. The van der Waals surface area contributed by atoms with Gasteiger partial charge in [0.15, 0.2) is 0 Å². The third-order valence-corrected chi connectivity index (χ3v) is 4.69. The SMILES string of the molecule is CCN1C(=O)/C(=C(\C#N)C(=O)Nc2ccc(C)cc2)c2cc(Br)ccc21. The minimum Gasteiger partial charge on any atom is -0.321 e. The third-order valence-electron chi connectivity index (χ3n) is 4.19. The fourth-order valence-electron chi connectivity index (χ4n) is 2.91. The number of nitrogens with zero attached hydrogens (tertiary/aromatic N) is 2. The van der Waals surface area contributed by atoms with Gasteiger partial charge in [-0.3, -0.25) is 9.59 Å². The largest absolute Gasteiger partial charge is 0.321 e. The molecule has 0 saturated carbocycles. The Morgan fingerprint density at radius 1 is 1.23 bits per heavy atom. The predicted molar refractivity (Wildman–Crippen MR) is 105 cm³/mol. The van der Waals surface area contributed by atoms with Crippen LogP contribution in [0.25, 0.3) is 5.57 Å². The predicted octanol–water partition coefficient (Wildman–Crippen LogP) is 4.04. The average molecular weight is 410 g/mol. The first-order chi connectivity index (χ1) is 12.5. The molecule has 0 atom stereocenters. The maximum absolute atomic E-state index is 12.8. The average Bonchev–Trinajstić information content (AvgIpc) is 2.89. The molecule has 1 aliphatic heterocycles. The number of hydrogen-bond acceptors (Lipinski definition) is 3. The smallest absolute Gasteiger partial charge is 0.267 e. The van der Waals surface area contributed by atoms with E-state index in [1.807, 2.05) is 38.1 Å². The standard InChI is InChI=1S/C20H16BrN3O2/c1-3-24-17-9-6-13(21)10-15(17)18(20(24)26)16(11-22)19(25)23-14-7-4-12(2)5-8-14/h4-10H,3H2,1-2H3,(H,23,25)/b18-16+. The molecule has 0 saturated heterocycles. The van der Waals surface area contributed by atoms with Gasteiger partial charge >= 0.3 is 0 Å². The lowest BCUT2D eigenvalue weighted by Gasteiger charge is -2.13. The summed E-state index contributed by atoms with van der Waals surface area (Å²) in [5, 5.41) is 12.3. The van der Waals surface area contributed by atoms with Crippen molar-refractivity contribution in [1.29, 1.82) is 5.26 Å². The fourth-order valence-corrected chi connectivity index (χ4v) is 3.27. The second-order valence-corrected chi connectivity index (χ2v) is 6.81. The van der Waals surface area contributed by atoms with Gasteiger partial charge in [0.25, 0.3) is 11.8 Å². The first kappa shape index (κ1) is 17.9. The molecule has 0 aliphatic carbocycles. The number of nitriles is 1. The van der Waals surface area contributed by atoms with Crippen LogP contribution in [0.4, 0.5) is 11.4 Å². The van der Waals surface area contributed by atoms with E-state index in [0.717, 1.165) is 10.0 Å². The summed E-state index contributed by atoms with van der Waals surface area (Å²) in [6, 6.07) is 14.5. The Hall–Kier alpha value is -2.91. The Balaban J connectivity index is 2.07. The molecular formula is C20H16BrN3O2. The zero-order valence-electron chi connectivity index (χ0n) is 14.3. The number of fused-ring (bicyclic) bond motifs is 1. The van der Waals surface area contributed by atoms with Crippen molar-refractivity contribution in [2.75, 3.05) is 16.8 Å². The van der Waals surface area contributed by atoms with Gasteiger partial charge in [0.05, 0.1) is 11.3 Å². The van der Waals surface area contributed by atoms with Crippen molar-refractivity contribution in [2.45, 2.75) is 13.8 Å². The van der Waals surface area contributed by atoms with Crippen LogP contribution in [0.5, 0.6) is 0 Å². The van der Waals surface area contributed by atoms with E-state index < -0.39 is 5.91 Å². The molecule has 2 aromatic carbocycles. The van der Waals surface area contributed by atoms with Gasteiger partial charge in [0.2, 0.25) is 0 Å². The Kier molecular flexibility index (Phi) is 4.92. The number of benzene rings is 2. The lowest BCUT2D eigenvalue weighted by molar-refractivity contribution is -0.114. The van der Waals surface area contributed by atoms with Crippen LogP contribution in [0.1, 0.15) is 18.1 Å². The lowest BCUT2D eigenvalue weighted by atomic mass is 10.0. The second-order valence-electron chi connectivity index (χ2n) is 5.89. The number of carbonyl (C=O) groups is 2. The van der Waals surface area contributed by atoms with Crippen LogP contribution in [-0.2, 0) is 9.59 Å². The summed E-state index contributed by atoms with van der Waals surface area (Å²) in [6.07, 6.45) is 0. The number of likely N-dealkylation sites (N-methyl/N-ethyl adjacent to an activating group) is 1. The van der Waals surface area contributed by atoms with E-state index in [-0.39, 0.29) is 17.1 Å². The zero-order valence-corrected chi connectivity index (χ0v) is 15.9. The zero-order chi connectivity index (χ0) is 18.8. The first-order valence-electron chi connectivity index (χ1n) is 8.10. The van der Waals surface area contributed by atoms with Gasteiger partial charge < -0.3 is 10.2 Å². The number of carbonyl (C=O) groups excluding carboxylic acids is 2. The molecule has 26 heavy (non-hydrogen) atoms. The molecule has 0 bridgehead atoms. The highest BCUT2D eigenvalue weighted by Crippen LogP contribution is 2.40. The molecule has 1 aliphatic rings. The van der Waals surface area contributed by atoms with E-state index in [1.54, 1.807) is 29.2 Å². The molecule has 0 aromatic heterocycles. The summed E-state index contributed by atoms with van der Waals surface area (Å²) < 4.78 is 0.774. The van der Waals surface area contributed by atoms with Crippen LogP contribution in [0.15, 0.2) is 52.5 Å². The number of halogens is 1. The highest BCUT2D eigenvalue weighted by Gasteiger charge is 2.35. The molecule has 6 heteroatoms. The molecule has 0 radical (unpaired) electrons. The molecule has 130 valence electrons. The van der Waals surface area contributed by atoms with Crippen LogP contribution in [0.2, 0.25) is 0 Å². The Labute approximate surface area is 160 Å². The number of aryl methyl sites for hydroxylation is 1. The highest BCUT2D eigenvalue weighted by molar-refractivity contribution is 9.10. The summed E-state index contributed by atoms with van der Waals surface area (Å²) >= 11 is 3.39. The molecule has 0 unspecified atom stereocenters. The van der Waals surface area contributed by atoms with Gasteiger partial charge in [-0.1, -0.05) is 33.6 Å². The van der Waals surface area contributed by atoms with E-state index in [2.05, 4.69) is 21.2 Å². The molecule has 1 N–H and O–H groups in total. The Morgan fingerprint density at radius 2 is 1.92 bits per heavy atom. The van der Waals surface area contributed by atoms with Crippen LogP contribution < -0.4 is 10.2 Å².